The summed E-state index contributed by atoms with van der Waals surface area (Å²) in [5, 5.41) is 12.6. The summed E-state index contributed by atoms with van der Waals surface area (Å²) in [6.45, 7) is 9.66. The van der Waals surface area contributed by atoms with Gasteiger partial charge in [0.1, 0.15) is 5.01 Å². The van der Waals surface area contributed by atoms with Gasteiger partial charge in [0, 0.05) is 36.5 Å². The molecule has 9 nitrogen and oxygen atoms in total. The number of carbonyl (C=O) groups excluding carboxylic acids is 2. The molecule has 2 aliphatic rings. The average molecular weight is 536 g/mol. The van der Waals surface area contributed by atoms with Crippen LogP contribution in [0.1, 0.15) is 78.3 Å². The zero-order chi connectivity index (χ0) is 26.9. The summed E-state index contributed by atoms with van der Waals surface area (Å²) in [6, 6.07) is 9.51. The van der Waals surface area contributed by atoms with Gasteiger partial charge in [-0.2, -0.15) is 0 Å². The van der Waals surface area contributed by atoms with Crippen LogP contribution in [-0.2, 0) is 16.6 Å². The number of aryl methyl sites for hydroxylation is 2. The van der Waals surface area contributed by atoms with Crippen LogP contribution < -0.4 is 14.8 Å². The minimum atomic E-state index is -0.230. The lowest BCUT2D eigenvalue weighted by molar-refractivity contribution is -0.132. The topological polar surface area (TPSA) is 107 Å². The first-order valence-electron chi connectivity index (χ1n) is 13.0. The highest BCUT2D eigenvalue weighted by Gasteiger charge is 2.28. The van der Waals surface area contributed by atoms with Crippen LogP contribution in [0.3, 0.4) is 0 Å². The van der Waals surface area contributed by atoms with Gasteiger partial charge in [-0.25, -0.2) is 0 Å². The van der Waals surface area contributed by atoms with Crippen molar-refractivity contribution in [3.05, 3.63) is 57.9 Å². The molecule has 1 fully saturated rings. The van der Waals surface area contributed by atoms with Crippen molar-refractivity contribution in [2.45, 2.75) is 64.7 Å². The number of nitrogens with zero attached hydrogens (tertiary/aromatic N) is 4. The van der Waals surface area contributed by atoms with Gasteiger partial charge in [0.2, 0.25) is 17.8 Å². The molecule has 0 atom stereocenters. The van der Waals surface area contributed by atoms with Crippen LogP contribution in [0.4, 0.5) is 5.13 Å². The molecule has 0 aliphatic carbocycles. The normalized spacial score (nSPS) is 15.5. The minimum Gasteiger partial charge on any atom is -0.454 e. The third-order valence-corrected chi connectivity index (χ3v) is 8.16. The first kappa shape index (κ1) is 26.1. The molecule has 200 valence electrons. The number of nitrogens with one attached hydrogen (secondary N) is 1. The number of piperidine rings is 1. The summed E-state index contributed by atoms with van der Waals surface area (Å²) in [7, 11) is 0. The van der Waals surface area contributed by atoms with E-state index in [4.69, 9.17) is 14.5 Å². The summed E-state index contributed by atoms with van der Waals surface area (Å²) in [6.07, 6.45) is 2.62. The molecule has 1 aromatic carbocycles. The Kier molecular flexibility index (Phi) is 7.34. The van der Waals surface area contributed by atoms with Crippen molar-refractivity contribution in [3.8, 4) is 11.5 Å². The number of rotatable bonds is 6. The van der Waals surface area contributed by atoms with E-state index in [2.05, 4.69) is 36.3 Å². The number of amides is 2. The molecule has 2 aliphatic heterocycles. The van der Waals surface area contributed by atoms with Gasteiger partial charge in [0.05, 0.1) is 11.3 Å². The number of carbonyl (C=O) groups is 2. The Labute approximate surface area is 226 Å². The summed E-state index contributed by atoms with van der Waals surface area (Å²) in [5.74, 6) is 1.50. The van der Waals surface area contributed by atoms with Crippen molar-refractivity contribution < 1.29 is 19.1 Å². The largest absolute Gasteiger partial charge is 0.454 e. The fourth-order valence-corrected chi connectivity index (χ4v) is 5.53. The molecule has 0 bridgehead atoms. The molecule has 3 aromatic rings. The fraction of sp³-hybridized carbons (Fsp3) is 0.464. The van der Waals surface area contributed by atoms with E-state index in [0.717, 1.165) is 46.3 Å². The number of aromatic nitrogens is 3. The summed E-state index contributed by atoms with van der Waals surface area (Å²) < 4.78 is 10.8. The van der Waals surface area contributed by atoms with E-state index in [-0.39, 0.29) is 29.9 Å². The van der Waals surface area contributed by atoms with Crippen molar-refractivity contribution in [3.63, 3.8) is 0 Å². The van der Waals surface area contributed by atoms with E-state index in [1.165, 1.54) is 11.3 Å². The number of anilines is 1. The van der Waals surface area contributed by atoms with E-state index in [9.17, 15) is 9.59 Å². The fourth-order valence-electron chi connectivity index (χ4n) is 4.73. The van der Waals surface area contributed by atoms with Crippen molar-refractivity contribution in [1.82, 2.24) is 20.1 Å². The van der Waals surface area contributed by atoms with Gasteiger partial charge in [-0.15, -0.1) is 10.2 Å². The molecular weight excluding hydrogens is 502 g/mol. The number of hydrogen-bond acceptors (Lipinski definition) is 8. The molecule has 4 heterocycles. The second kappa shape index (κ2) is 10.7. The monoisotopic (exact) mass is 535 g/mol. The molecule has 10 heteroatoms. The Hall–Kier alpha value is -3.53. The number of benzene rings is 1. The Bertz CT molecular complexity index is 1340. The zero-order valence-electron chi connectivity index (χ0n) is 22.2. The molecule has 1 saturated heterocycles. The highest BCUT2D eigenvalue weighted by molar-refractivity contribution is 7.15. The number of hydrogen-bond donors (Lipinski definition) is 1. The third-order valence-electron chi connectivity index (χ3n) is 6.89. The summed E-state index contributed by atoms with van der Waals surface area (Å²) in [5.41, 5.74) is 3.13. The number of fused-ring (bicyclic) bond motifs is 1. The van der Waals surface area contributed by atoms with Crippen LogP contribution in [0.15, 0.2) is 30.3 Å². The lowest BCUT2D eigenvalue weighted by Crippen LogP contribution is -2.38. The molecule has 0 radical (unpaired) electrons. The van der Waals surface area contributed by atoms with Gasteiger partial charge in [-0.1, -0.05) is 38.2 Å². The van der Waals surface area contributed by atoms with E-state index >= 15 is 0 Å². The first-order valence-corrected chi connectivity index (χ1v) is 13.8. The van der Waals surface area contributed by atoms with Gasteiger partial charge in [-0.05, 0) is 56.0 Å². The third kappa shape index (κ3) is 5.80. The smallest absolute Gasteiger partial charge is 0.259 e. The summed E-state index contributed by atoms with van der Waals surface area (Å²) in [4.78, 5) is 32.8. The maximum Gasteiger partial charge on any atom is 0.259 e. The molecule has 38 heavy (non-hydrogen) atoms. The van der Waals surface area contributed by atoms with Crippen molar-refractivity contribution in [2.24, 2.45) is 0 Å². The lowest BCUT2D eigenvalue weighted by Gasteiger charge is -2.32. The quantitative estimate of drug-likeness (QED) is 0.480. The molecule has 1 N–H and O–H groups in total. The standard InChI is InChI=1S/C28H33N5O4S/c1-17-5-8-20(25(35)30-27-32-31-26(38-27)28(2,3)4)24(29-17)19-11-13-33(14-12-19)23(34)10-7-18-6-9-21-22(15-18)37-16-36-21/h5-6,8-9,15,19H,7,10-14,16H2,1-4H3,(H,30,32,35). The predicted octanol–water partition coefficient (Wildman–Crippen LogP) is 4.86. The van der Waals surface area contributed by atoms with E-state index < -0.39 is 0 Å². The SMILES string of the molecule is Cc1ccc(C(=O)Nc2nnc(C(C)(C)C)s2)c(C2CCN(C(=O)CCc3ccc4c(c3)OCO4)CC2)n1. The van der Waals surface area contributed by atoms with Crippen LogP contribution in [0.5, 0.6) is 11.5 Å². The molecular formula is C28H33N5O4S. The summed E-state index contributed by atoms with van der Waals surface area (Å²) >= 11 is 1.39. The van der Waals surface area contributed by atoms with Crippen LogP contribution in [-0.4, -0.2) is 51.8 Å². The Morgan fingerprint density at radius 3 is 2.58 bits per heavy atom. The van der Waals surface area contributed by atoms with Gasteiger partial charge in [0.15, 0.2) is 11.5 Å². The van der Waals surface area contributed by atoms with Crippen LogP contribution >= 0.6 is 11.3 Å². The van der Waals surface area contributed by atoms with Crippen molar-refractivity contribution in [1.29, 1.82) is 0 Å². The van der Waals surface area contributed by atoms with E-state index in [0.29, 0.717) is 36.6 Å². The molecule has 0 saturated carbocycles. The first-order chi connectivity index (χ1) is 18.2. The second-order valence-corrected chi connectivity index (χ2v) is 11.8. The molecule has 0 unspecified atom stereocenters. The maximum atomic E-state index is 13.2. The number of ether oxygens (including phenoxy) is 2. The lowest BCUT2D eigenvalue weighted by atomic mass is 9.89. The van der Waals surface area contributed by atoms with E-state index in [1.807, 2.05) is 42.2 Å². The molecule has 0 spiro atoms. The van der Waals surface area contributed by atoms with Gasteiger partial charge in [0.25, 0.3) is 5.91 Å². The van der Waals surface area contributed by atoms with E-state index in [1.54, 1.807) is 0 Å². The highest BCUT2D eigenvalue weighted by atomic mass is 32.1. The average Bonchev–Trinajstić information content (AvgIpc) is 3.56. The Morgan fingerprint density at radius 2 is 1.84 bits per heavy atom. The maximum absolute atomic E-state index is 13.2. The van der Waals surface area contributed by atoms with Crippen molar-refractivity contribution >= 4 is 28.3 Å². The molecule has 2 amide bonds. The number of pyridine rings is 1. The predicted molar refractivity (Wildman–Crippen MR) is 145 cm³/mol. The second-order valence-electron chi connectivity index (χ2n) is 10.8. The Morgan fingerprint density at radius 1 is 1.08 bits per heavy atom. The van der Waals surface area contributed by atoms with Crippen LogP contribution in [0.2, 0.25) is 0 Å². The number of likely N-dealkylation sites (tertiary alicyclic amines) is 1. The van der Waals surface area contributed by atoms with Crippen LogP contribution in [0, 0.1) is 6.92 Å². The van der Waals surface area contributed by atoms with Crippen LogP contribution in [0.25, 0.3) is 0 Å². The van der Waals surface area contributed by atoms with Crippen molar-refractivity contribution in [2.75, 3.05) is 25.2 Å². The highest BCUT2D eigenvalue weighted by Crippen LogP contribution is 2.34. The van der Waals surface area contributed by atoms with Gasteiger partial charge < -0.3 is 14.4 Å². The zero-order valence-corrected chi connectivity index (χ0v) is 23.1. The van der Waals surface area contributed by atoms with Gasteiger partial charge in [-0.3, -0.25) is 19.9 Å². The Balaban J connectivity index is 1.19. The molecule has 5 rings (SSSR count). The van der Waals surface area contributed by atoms with Gasteiger partial charge >= 0.3 is 0 Å². The molecule has 2 aromatic heterocycles. The minimum absolute atomic E-state index is 0.105.